The molecule has 0 unspecified atom stereocenters. The Morgan fingerprint density at radius 1 is 1.02 bits per heavy atom. The molecule has 0 saturated carbocycles. The number of likely N-dealkylation sites (N-methyl/N-ethyl adjacent to an activating group) is 1. The highest BCUT2D eigenvalue weighted by atomic mass is 32.2. The second kappa shape index (κ2) is 15.5. The molecule has 2 aromatic carbocycles. The normalized spacial score (nSPS) is 15.0. The van der Waals surface area contributed by atoms with E-state index in [-0.39, 0.29) is 23.2 Å². The molecule has 45 heavy (non-hydrogen) atoms. The molecule has 1 amide bonds. The van der Waals surface area contributed by atoms with E-state index in [1.165, 1.54) is 0 Å². The van der Waals surface area contributed by atoms with E-state index in [0.29, 0.717) is 41.9 Å². The Morgan fingerprint density at radius 2 is 1.80 bits per heavy atom. The molecule has 1 fully saturated rings. The van der Waals surface area contributed by atoms with Gasteiger partial charge in [-0.15, -0.1) is 0 Å². The lowest BCUT2D eigenvalue weighted by molar-refractivity contribution is -0.149. The summed E-state index contributed by atoms with van der Waals surface area (Å²) in [7, 11) is 5.33. The fourth-order valence-electron chi connectivity index (χ4n) is 5.24. The molecule has 1 saturated heterocycles. The summed E-state index contributed by atoms with van der Waals surface area (Å²) in [5, 5.41) is 0.695. The smallest absolute Gasteiger partial charge is 0.310 e. The van der Waals surface area contributed by atoms with Crippen molar-refractivity contribution in [3.63, 3.8) is 0 Å². The van der Waals surface area contributed by atoms with Gasteiger partial charge in [-0.25, -0.2) is 9.97 Å². The highest BCUT2D eigenvalue weighted by Gasteiger charge is 2.30. The third-order valence-corrected chi connectivity index (χ3v) is 8.82. The molecule has 9 nitrogen and oxygen atoms in total. The number of hydrogen-bond donors (Lipinski definition) is 0. The van der Waals surface area contributed by atoms with Gasteiger partial charge in [-0.2, -0.15) is 0 Å². The van der Waals surface area contributed by atoms with Crippen LogP contribution in [0.5, 0.6) is 11.5 Å². The van der Waals surface area contributed by atoms with Crippen LogP contribution in [0.2, 0.25) is 0 Å². The summed E-state index contributed by atoms with van der Waals surface area (Å²) in [5.74, 6) is 2.38. The number of ether oxygens (including phenoxy) is 3. The van der Waals surface area contributed by atoms with Gasteiger partial charge < -0.3 is 24.0 Å². The molecule has 2 heterocycles. The Labute approximate surface area is 271 Å². The quantitative estimate of drug-likeness (QED) is 0.132. The van der Waals surface area contributed by atoms with Gasteiger partial charge in [0.05, 0.1) is 32.4 Å². The molecule has 1 aromatic heterocycles. The lowest BCUT2D eigenvalue weighted by Gasteiger charge is -2.31. The number of amides is 1. The molecule has 4 rings (SSSR count). The minimum absolute atomic E-state index is 0.0554. The van der Waals surface area contributed by atoms with Crippen LogP contribution in [0, 0.1) is 5.92 Å². The minimum Gasteiger partial charge on any atom is -0.493 e. The fraction of sp³-hybridized carbons (Fsp3) is 0.486. The van der Waals surface area contributed by atoms with Crippen molar-refractivity contribution in [2.45, 2.75) is 63.3 Å². The van der Waals surface area contributed by atoms with Crippen LogP contribution in [0.4, 0.5) is 5.82 Å². The van der Waals surface area contributed by atoms with E-state index in [9.17, 15) is 9.59 Å². The number of thioether (sulfide) groups is 1. The van der Waals surface area contributed by atoms with Crippen LogP contribution in [0.3, 0.4) is 0 Å². The van der Waals surface area contributed by atoms with Crippen LogP contribution in [0.25, 0.3) is 0 Å². The Balaban J connectivity index is 1.45. The molecule has 1 aliphatic rings. The summed E-state index contributed by atoms with van der Waals surface area (Å²) in [4.78, 5) is 39.4. The standard InChI is InChI=1S/C35H46N4O5S/c1-8-44-33(41)27-13-10-17-39(22-27)32(40)26-12-9-11-25(19-26)23-45-34-36-30(35(2,3)4)21-31(37-34)38(5)18-16-24-14-15-28(42-6)29(20-24)43-7/h9,11-12,14-15,19-21,27H,8,10,13,16-18,22-23H2,1-7H3/t27-/m0/s1. The van der Waals surface area contributed by atoms with Gasteiger partial charge in [0.25, 0.3) is 5.91 Å². The summed E-state index contributed by atoms with van der Waals surface area (Å²) in [5.41, 5.74) is 3.60. The van der Waals surface area contributed by atoms with Gasteiger partial charge in [0.15, 0.2) is 16.7 Å². The lowest BCUT2D eigenvalue weighted by atomic mass is 9.92. The van der Waals surface area contributed by atoms with E-state index in [4.69, 9.17) is 24.2 Å². The largest absolute Gasteiger partial charge is 0.493 e. The predicted molar refractivity (Wildman–Crippen MR) is 179 cm³/mol. The van der Waals surface area contributed by atoms with E-state index in [0.717, 1.165) is 54.2 Å². The van der Waals surface area contributed by atoms with Gasteiger partial charge in [0, 0.05) is 49.5 Å². The molecular formula is C35H46N4O5S. The third kappa shape index (κ3) is 9.12. The van der Waals surface area contributed by atoms with Crippen molar-refractivity contribution in [1.82, 2.24) is 14.9 Å². The molecule has 0 N–H and O–H groups in total. The van der Waals surface area contributed by atoms with E-state index in [2.05, 4.69) is 37.8 Å². The van der Waals surface area contributed by atoms with E-state index >= 15 is 0 Å². The predicted octanol–water partition coefficient (Wildman–Crippen LogP) is 6.18. The molecule has 1 atom stereocenters. The number of benzene rings is 2. The summed E-state index contributed by atoms with van der Waals surface area (Å²) < 4.78 is 16.1. The van der Waals surface area contributed by atoms with Gasteiger partial charge in [0.1, 0.15) is 5.82 Å². The first-order valence-corrected chi connectivity index (χ1v) is 16.5. The number of rotatable bonds is 12. The molecule has 0 radical (unpaired) electrons. The van der Waals surface area contributed by atoms with Crippen molar-refractivity contribution in [3.05, 3.63) is 70.9 Å². The number of likely N-dealkylation sites (tertiary alicyclic amines) is 1. The molecule has 10 heteroatoms. The molecular weight excluding hydrogens is 588 g/mol. The Morgan fingerprint density at radius 3 is 2.51 bits per heavy atom. The van der Waals surface area contributed by atoms with Crippen LogP contribution in [-0.2, 0) is 27.1 Å². The number of piperidine rings is 1. The first-order valence-electron chi connectivity index (χ1n) is 15.5. The molecule has 1 aliphatic heterocycles. The summed E-state index contributed by atoms with van der Waals surface area (Å²) in [6.45, 7) is 10.4. The van der Waals surface area contributed by atoms with Gasteiger partial charge >= 0.3 is 5.97 Å². The zero-order chi connectivity index (χ0) is 32.6. The number of carbonyl (C=O) groups is 2. The van der Waals surface area contributed by atoms with Gasteiger partial charge in [-0.3, -0.25) is 9.59 Å². The fourth-order valence-corrected chi connectivity index (χ4v) is 6.04. The van der Waals surface area contributed by atoms with Gasteiger partial charge in [0.2, 0.25) is 0 Å². The first-order chi connectivity index (χ1) is 21.5. The van der Waals surface area contributed by atoms with Crippen LogP contribution in [-0.4, -0.2) is 74.3 Å². The Bertz CT molecular complexity index is 1470. The summed E-state index contributed by atoms with van der Waals surface area (Å²) in [6.07, 6.45) is 2.35. The number of nitrogens with zero attached hydrogens (tertiary/aromatic N) is 4. The van der Waals surface area contributed by atoms with Gasteiger partial charge in [-0.05, 0) is 61.6 Å². The van der Waals surface area contributed by atoms with Crippen LogP contribution in [0.1, 0.15) is 67.7 Å². The second-order valence-corrected chi connectivity index (χ2v) is 13.3. The highest BCUT2D eigenvalue weighted by Crippen LogP contribution is 2.30. The topological polar surface area (TPSA) is 94.1 Å². The lowest BCUT2D eigenvalue weighted by Crippen LogP contribution is -2.42. The van der Waals surface area contributed by atoms with Gasteiger partial charge in [-0.1, -0.05) is 50.7 Å². The maximum atomic E-state index is 13.4. The van der Waals surface area contributed by atoms with Crippen molar-refractivity contribution in [3.8, 4) is 11.5 Å². The second-order valence-electron chi connectivity index (χ2n) is 12.3. The van der Waals surface area contributed by atoms with Crippen molar-refractivity contribution in [1.29, 1.82) is 0 Å². The first kappa shape index (κ1) is 34.1. The van der Waals surface area contributed by atoms with Crippen molar-refractivity contribution < 1.29 is 23.8 Å². The maximum absolute atomic E-state index is 13.4. The zero-order valence-electron chi connectivity index (χ0n) is 27.6. The molecule has 3 aromatic rings. The highest BCUT2D eigenvalue weighted by molar-refractivity contribution is 7.98. The number of anilines is 1. The minimum atomic E-state index is -0.264. The van der Waals surface area contributed by atoms with Crippen molar-refractivity contribution >= 4 is 29.5 Å². The average molecular weight is 635 g/mol. The van der Waals surface area contributed by atoms with Crippen LogP contribution in [0.15, 0.2) is 53.7 Å². The number of hydrogen-bond acceptors (Lipinski definition) is 9. The summed E-state index contributed by atoms with van der Waals surface area (Å²) >= 11 is 1.56. The molecule has 0 spiro atoms. The maximum Gasteiger partial charge on any atom is 0.310 e. The number of methoxy groups -OCH3 is 2. The number of aromatic nitrogens is 2. The van der Waals surface area contributed by atoms with E-state index in [1.807, 2.05) is 43.4 Å². The average Bonchev–Trinajstić information content (AvgIpc) is 3.05. The molecule has 242 valence electrons. The van der Waals surface area contributed by atoms with E-state index in [1.54, 1.807) is 37.8 Å². The molecule has 0 aliphatic carbocycles. The summed E-state index contributed by atoms with van der Waals surface area (Å²) in [6, 6.07) is 15.8. The monoisotopic (exact) mass is 634 g/mol. The van der Waals surface area contributed by atoms with Crippen LogP contribution >= 0.6 is 11.8 Å². The van der Waals surface area contributed by atoms with E-state index < -0.39 is 0 Å². The SMILES string of the molecule is CCOC(=O)[C@H]1CCCN(C(=O)c2cccc(CSc3nc(N(C)CCc4ccc(OC)c(OC)c4)cc(C(C)(C)C)n3)c2)C1. The third-order valence-electron chi connectivity index (χ3n) is 7.91. The van der Waals surface area contributed by atoms with Crippen molar-refractivity contribution in [2.24, 2.45) is 5.92 Å². The van der Waals surface area contributed by atoms with Crippen molar-refractivity contribution in [2.75, 3.05) is 52.4 Å². The Kier molecular flexibility index (Phi) is 11.7. The zero-order valence-corrected chi connectivity index (χ0v) is 28.4. The number of carbonyl (C=O) groups excluding carboxylic acids is 2. The van der Waals surface area contributed by atoms with Crippen LogP contribution < -0.4 is 14.4 Å². The molecule has 0 bridgehead atoms. The number of esters is 1. The Hall–Kier alpha value is -3.79.